The fraction of sp³-hybridized carbons (Fsp3) is 1.00. The summed E-state index contributed by atoms with van der Waals surface area (Å²) in [6.07, 6.45) is -0.151. The minimum absolute atomic E-state index is 0. The lowest BCUT2D eigenvalue weighted by Gasteiger charge is -2.35. The lowest BCUT2D eigenvalue weighted by Crippen LogP contribution is -3.00. The Bertz CT molecular complexity index is 185. The number of hydrogen-bond donors (Lipinski definition) is 1. The molecule has 17 heavy (non-hydrogen) atoms. The summed E-state index contributed by atoms with van der Waals surface area (Å²) in [5.41, 5.74) is 0. The highest BCUT2D eigenvalue weighted by atomic mass is 35.5. The molecule has 0 aliphatic carbocycles. The van der Waals surface area contributed by atoms with Gasteiger partial charge in [-0.2, -0.15) is 0 Å². The highest BCUT2D eigenvalue weighted by Gasteiger charge is 2.18. The number of nitrogens with zero attached hydrogens (tertiary/aromatic N) is 2. The molecule has 0 bridgehead atoms. The molecule has 5 heteroatoms. The molecule has 104 valence electrons. The second kappa shape index (κ2) is 9.11. The van der Waals surface area contributed by atoms with E-state index in [0.717, 1.165) is 39.3 Å². The van der Waals surface area contributed by atoms with Crippen LogP contribution in [0.3, 0.4) is 0 Å². The van der Waals surface area contributed by atoms with Crippen molar-refractivity contribution in [2.75, 3.05) is 45.9 Å². The van der Waals surface area contributed by atoms with Crippen LogP contribution in [0, 0.1) is 0 Å². The Morgan fingerprint density at radius 2 is 1.65 bits per heavy atom. The fourth-order valence-corrected chi connectivity index (χ4v) is 1.94. The molecular weight excluding hydrogens is 240 g/mol. The van der Waals surface area contributed by atoms with Gasteiger partial charge in [0.1, 0.15) is 0 Å². The maximum Gasteiger partial charge on any atom is 0.0900 e. The average molecular weight is 266 g/mol. The van der Waals surface area contributed by atoms with E-state index in [4.69, 9.17) is 4.74 Å². The Balaban J connectivity index is 0.00000256. The first-order valence-corrected chi connectivity index (χ1v) is 6.36. The molecule has 0 radical (unpaired) electrons. The Morgan fingerprint density at radius 3 is 2.12 bits per heavy atom. The van der Waals surface area contributed by atoms with E-state index in [1.807, 2.05) is 13.8 Å². The van der Waals surface area contributed by atoms with Crippen LogP contribution in [0.25, 0.3) is 0 Å². The summed E-state index contributed by atoms with van der Waals surface area (Å²) in [5, 5.41) is 9.79. The predicted molar refractivity (Wildman–Crippen MR) is 65.6 cm³/mol. The molecule has 1 N–H and O–H groups in total. The monoisotopic (exact) mass is 265 g/mol. The number of aliphatic hydroxyl groups is 1. The van der Waals surface area contributed by atoms with Crippen LogP contribution in [0.2, 0.25) is 0 Å². The summed E-state index contributed by atoms with van der Waals surface area (Å²) < 4.78 is 5.40. The molecule has 0 aromatic rings. The van der Waals surface area contributed by atoms with Gasteiger partial charge in [-0.1, -0.05) is 6.92 Å². The number of halogens is 1. The number of aliphatic hydroxyl groups excluding tert-OH is 1. The van der Waals surface area contributed by atoms with E-state index in [2.05, 4.69) is 16.7 Å². The van der Waals surface area contributed by atoms with E-state index >= 15 is 0 Å². The van der Waals surface area contributed by atoms with Crippen LogP contribution >= 0.6 is 0 Å². The molecule has 1 saturated heterocycles. The smallest absolute Gasteiger partial charge is 0.0900 e. The van der Waals surface area contributed by atoms with Crippen molar-refractivity contribution >= 4 is 0 Å². The van der Waals surface area contributed by atoms with Crippen molar-refractivity contribution < 1.29 is 22.3 Å². The van der Waals surface area contributed by atoms with E-state index in [1.54, 1.807) is 0 Å². The van der Waals surface area contributed by atoms with Gasteiger partial charge in [0.05, 0.1) is 18.8 Å². The summed E-state index contributed by atoms with van der Waals surface area (Å²) in [7, 11) is 0. The lowest BCUT2D eigenvalue weighted by molar-refractivity contribution is -0.0142. The zero-order valence-corrected chi connectivity index (χ0v) is 12.0. The Labute approximate surface area is 111 Å². The van der Waals surface area contributed by atoms with Crippen LogP contribution in [-0.4, -0.2) is 73.0 Å². The third kappa shape index (κ3) is 7.21. The van der Waals surface area contributed by atoms with Gasteiger partial charge in [-0.25, -0.2) is 0 Å². The van der Waals surface area contributed by atoms with Gasteiger partial charge in [-0.3, -0.25) is 4.90 Å². The number of ether oxygens (including phenoxy) is 1. The summed E-state index contributed by atoms with van der Waals surface area (Å²) in [6, 6.07) is 0. The van der Waals surface area contributed by atoms with Crippen molar-refractivity contribution in [1.29, 1.82) is 0 Å². The summed E-state index contributed by atoms with van der Waals surface area (Å²) in [5.74, 6) is 0. The molecule has 0 saturated carbocycles. The number of likely N-dealkylation sites (N-methyl/N-ethyl adjacent to an activating group) is 1. The Kier molecular flexibility index (Phi) is 9.18. The molecule has 1 heterocycles. The molecular formula is C12H26ClN2O2-. The van der Waals surface area contributed by atoms with Gasteiger partial charge >= 0.3 is 0 Å². The number of rotatable bonds is 6. The van der Waals surface area contributed by atoms with Crippen molar-refractivity contribution in [2.45, 2.75) is 33.0 Å². The quantitative estimate of drug-likeness (QED) is 0.572. The molecule has 1 atom stereocenters. The minimum Gasteiger partial charge on any atom is -1.00 e. The lowest BCUT2D eigenvalue weighted by atomic mass is 10.2. The third-order valence-electron chi connectivity index (χ3n) is 3.00. The normalized spacial score (nSPS) is 20.3. The Hall–Kier alpha value is 0.130. The van der Waals surface area contributed by atoms with Gasteiger partial charge in [-0.15, -0.1) is 0 Å². The maximum absolute atomic E-state index is 9.79. The van der Waals surface area contributed by atoms with Gasteiger partial charge in [0, 0.05) is 32.7 Å². The summed E-state index contributed by atoms with van der Waals surface area (Å²) >= 11 is 0. The fourth-order valence-electron chi connectivity index (χ4n) is 1.94. The second-order valence-electron chi connectivity index (χ2n) is 4.77. The van der Waals surface area contributed by atoms with E-state index in [0.29, 0.717) is 6.61 Å². The first-order chi connectivity index (χ1) is 7.61. The van der Waals surface area contributed by atoms with Crippen molar-refractivity contribution in [3.05, 3.63) is 0 Å². The van der Waals surface area contributed by atoms with E-state index < -0.39 is 0 Å². The minimum atomic E-state index is -0.351. The first-order valence-electron chi connectivity index (χ1n) is 6.36. The van der Waals surface area contributed by atoms with Gasteiger partial charge in [0.15, 0.2) is 0 Å². The maximum atomic E-state index is 9.79. The molecule has 0 amide bonds. The second-order valence-corrected chi connectivity index (χ2v) is 4.77. The van der Waals surface area contributed by atoms with Crippen molar-refractivity contribution in [2.24, 2.45) is 0 Å². The average Bonchev–Trinajstić information content (AvgIpc) is 2.27. The van der Waals surface area contributed by atoms with E-state index in [9.17, 15) is 5.11 Å². The highest BCUT2D eigenvalue weighted by Crippen LogP contribution is 2.03. The van der Waals surface area contributed by atoms with Crippen LogP contribution < -0.4 is 12.4 Å². The first kappa shape index (κ1) is 17.1. The molecule has 1 fully saturated rings. The van der Waals surface area contributed by atoms with Crippen molar-refractivity contribution in [3.8, 4) is 0 Å². The van der Waals surface area contributed by atoms with E-state index in [1.165, 1.54) is 0 Å². The van der Waals surface area contributed by atoms with Gasteiger partial charge < -0.3 is 27.2 Å². The molecule has 4 nitrogen and oxygen atoms in total. The molecule has 0 spiro atoms. The predicted octanol–water partition coefficient (Wildman–Crippen LogP) is -2.59. The Morgan fingerprint density at radius 1 is 1.12 bits per heavy atom. The molecule has 1 aliphatic rings. The molecule has 1 unspecified atom stereocenters. The largest absolute Gasteiger partial charge is 1.00 e. The number of hydrogen-bond acceptors (Lipinski definition) is 4. The van der Waals surface area contributed by atoms with Crippen LogP contribution in [-0.2, 0) is 4.74 Å². The van der Waals surface area contributed by atoms with Gasteiger partial charge in [-0.05, 0) is 20.4 Å². The molecule has 0 aromatic carbocycles. The van der Waals surface area contributed by atoms with Crippen molar-refractivity contribution in [3.63, 3.8) is 0 Å². The van der Waals surface area contributed by atoms with Crippen LogP contribution in [0.5, 0.6) is 0 Å². The zero-order valence-electron chi connectivity index (χ0n) is 11.2. The third-order valence-corrected chi connectivity index (χ3v) is 3.00. The molecule has 0 aromatic heterocycles. The SMILES string of the molecule is CCN1CCN(CC(O)COC(C)C)CC1.[Cl-]. The molecule has 1 aliphatic heterocycles. The zero-order chi connectivity index (χ0) is 12.0. The number of piperazine rings is 1. The topological polar surface area (TPSA) is 35.9 Å². The standard InChI is InChI=1S/C12H26N2O2.ClH/c1-4-13-5-7-14(8-6-13)9-12(15)10-16-11(2)3;/h11-12,15H,4-10H2,1-3H3;1H/p-1. The van der Waals surface area contributed by atoms with Gasteiger partial charge in [0.2, 0.25) is 0 Å². The van der Waals surface area contributed by atoms with Crippen molar-refractivity contribution in [1.82, 2.24) is 9.80 Å². The summed E-state index contributed by atoms with van der Waals surface area (Å²) in [4.78, 5) is 4.76. The van der Waals surface area contributed by atoms with E-state index in [-0.39, 0.29) is 24.6 Å². The van der Waals surface area contributed by atoms with Gasteiger partial charge in [0.25, 0.3) is 0 Å². The van der Waals surface area contributed by atoms with Crippen LogP contribution in [0.1, 0.15) is 20.8 Å². The molecule has 1 rings (SSSR count). The van der Waals surface area contributed by atoms with Crippen LogP contribution in [0.4, 0.5) is 0 Å². The number of β-amino-alcohol motifs (C(OH)–C–C–N with tert-alkyl or cyclic N) is 1. The highest BCUT2D eigenvalue weighted by molar-refractivity contribution is 4.73. The summed E-state index contributed by atoms with van der Waals surface area (Å²) in [6.45, 7) is 12.9. The van der Waals surface area contributed by atoms with Crippen LogP contribution in [0.15, 0.2) is 0 Å².